The van der Waals surface area contributed by atoms with Gasteiger partial charge in [-0.1, -0.05) is 0 Å². The molecule has 2 rings (SSSR count). The lowest BCUT2D eigenvalue weighted by atomic mass is 10.2. The molecular weight excluding hydrogens is 470 g/mol. The number of thiol groups is 1. The van der Waals surface area contributed by atoms with E-state index in [9.17, 15) is 27.6 Å². The average Bonchev–Trinajstić information content (AvgIpc) is 3.08. The van der Waals surface area contributed by atoms with E-state index in [0.717, 1.165) is 12.2 Å². The zero-order valence-electron chi connectivity index (χ0n) is 19.1. The lowest BCUT2D eigenvalue weighted by Gasteiger charge is -2.24. The van der Waals surface area contributed by atoms with Gasteiger partial charge in [-0.05, 0) is 54.5 Å². The summed E-state index contributed by atoms with van der Waals surface area (Å²) in [7, 11) is -3.12. The molecule has 0 aliphatic carbocycles. The van der Waals surface area contributed by atoms with Crippen LogP contribution in [0.1, 0.15) is 60.8 Å². The van der Waals surface area contributed by atoms with Crippen LogP contribution in [-0.4, -0.2) is 65.7 Å². The Balaban J connectivity index is 0.000000559. The maximum absolute atomic E-state index is 11.7. The highest BCUT2D eigenvalue weighted by atomic mass is 32.2. The van der Waals surface area contributed by atoms with Crippen LogP contribution in [0.5, 0.6) is 0 Å². The van der Waals surface area contributed by atoms with Crippen molar-refractivity contribution >= 4 is 46.7 Å². The highest BCUT2D eigenvalue weighted by molar-refractivity contribution is 7.88. The van der Waals surface area contributed by atoms with E-state index in [-0.39, 0.29) is 24.7 Å². The molecule has 1 atom stereocenters. The normalized spacial score (nSPS) is 19.6. The first-order valence-electron chi connectivity index (χ1n) is 9.30. The smallest absolute Gasteiger partial charge is 0.273 e. The van der Waals surface area contributed by atoms with E-state index in [2.05, 4.69) is 27.3 Å². The third-order valence-corrected chi connectivity index (χ3v) is 4.91. The highest BCUT2D eigenvalue weighted by Crippen LogP contribution is 2.24. The zero-order valence-corrected chi connectivity index (χ0v) is 20.8. The zero-order chi connectivity index (χ0) is 25.5. The fraction of sp³-hybridized carbons (Fsp3) is 0.765. The second-order valence-electron chi connectivity index (χ2n) is 8.47. The van der Waals surface area contributed by atoms with Crippen molar-refractivity contribution in [3.05, 3.63) is 0 Å². The SMILES string of the molecule is CC(C)(C)ON1C(=O)CCC1=O.COS(=O)(=O)C1CC(=O)N(OC(C)(C)C)C1=O.NOS. The van der Waals surface area contributed by atoms with Crippen molar-refractivity contribution in [2.75, 3.05) is 7.11 Å². The van der Waals surface area contributed by atoms with Gasteiger partial charge in [-0.3, -0.25) is 33.0 Å². The fourth-order valence-corrected chi connectivity index (χ4v) is 3.15. The molecule has 0 aromatic rings. The number of nitrogens with zero attached hydrogens (tertiary/aromatic N) is 2. The van der Waals surface area contributed by atoms with Gasteiger partial charge in [-0.15, -0.1) is 0 Å². The van der Waals surface area contributed by atoms with Gasteiger partial charge in [0.2, 0.25) is 0 Å². The first-order valence-corrected chi connectivity index (χ1v) is 11.1. The van der Waals surface area contributed by atoms with Crippen LogP contribution >= 0.6 is 12.9 Å². The summed E-state index contributed by atoms with van der Waals surface area (Å²) in [6.45, 7) is 10.3. The van der Waals surface area contributed by atoms with Crippen LogP contribution in [0.25, 0.3) is 0 Å². The van der Waals surface area contributed by atoms with Gasteiger partial charge < -0.3 is 0 Å². The molecular formula is C17H31N3O10S2. The topological polar surface area (TPSA) is 172 Å². The van der Waals surface area contributed by atoms with Crippen molar-refractivity contribution in [1.82, 2.24) is 10.1 Å². The van der Waals surface area contributed by atoms with Crippen molar-refractivity contribution in [2.45, 2.75) is 77.3 Å². The summed E-state index contributed by atoms with van der Waals surface area (Å²) in [6, 6.07) is 0. The molecule has 2 aliphatic rings. The summed E-state index contributed by atoms with van der Waals surface area (Å²) in [5, 5.41) is -0.135. The van der Waals surface area contributed by atoms with Gasteiger partial charge >= 0.3 is 0 Å². The minimum Gasteiger partial charge on any atom is -0.273 e. The Bertz CT molecular complexity index is 786. The quantitative estimate of drug-likeness (QED) is 0.180. The second kappa shape index (κ2) is 12.0. The number of rotatable bonds is 4. The van der Waals surface area contributed by atoms with Crippen LogP contribution in [0, 0.1) is 0 Å². The fourth-order valence-electron chi connectivity index (χ4n) is 2.23. The van der Waals surface area contributed by atoms with Gasteiger partial charge in [0.25, 0.3) is 33.7 Å². The van der Waals surface area contributed by atoms with Crippen LogP contribution in [-0.2, 0) is 47.4 Å². The number of hydroxylamine groups is 4. The predicted molar refractivity (Wildman–Crippen MR) is 113 cm³/mol. The standard InChI is InChI=1S/C9H15NO6S.C8H13NO3.H3NOS/c1-9(2,3)16-10-7(11)5-6(8(10)12)17(13,14)15-4;1-8(2,3)12-9-6(10)4-5-7(9)11;1-2-3/h6H,5H2,1-4H3;4-5H2,1-3H3;3H,1H2. The molecule has 4 amide bonds. The molecule has 2 N–H and O–H groups in total. The Morgan fingerprint density at radius 2 is 1.25 bits per heavy atom. The first kappa shape index (κ1) is 30.4. The maximum Gasteiger partial charge on any atom is 0.279 e. The molecule has 2 saturated heterocycles. The van der Waals surface area contributed by atoms with Crippen LogP contribution < -0.4 is 5.90 Å². The number of hydrogen-bond acceptors (Lipinski definition) is 12. The second-order valence-corrected chi connectivity index (χ2v) is 10.6. The molecule has 0 spiro atoms. The van der Waals surface area contributed by atoms with E-state index in [1.54, 1.807) is 41.5 Å². The minimum atomic E-state index is -4.06. The lowest BCUT2D eigenvalue weighted by Crippen LogP contribution is -2.40. The summed E-state index contributed by atoms with van der Waals surface area (Å²) < 4.78 is 30.5. The molecule has 0 aromatic carbocycles. The summed E-state index contributed by atoms with van der Waals surface area (Å²) in [4.78, 5) is 55.6. The van der Waals surface area contributed by atoms with Gasteiger partial charge in [0.15, 0.2) is 5.25 Å². The molecule has 1 unspecified atom stereocenters. The minimum absolute atomic E-state index is 0.241. The molecule has 2 aliphatic heterocycles. The third-order valence-electron chi connectivity index (χ3n) is 3.38. The van der Waals surface area contributed by atoms with Crippen LogP contribution in [0.4, 0.5) is 0 Å². The average molecular weight is 502 g/mol. The molecule has 13 nitrogen and oxygen atoms in total. The largest absolute Gasteiger partial charge is 0.279 e. The first-order chi connectivity index (χ1) is 14.4. The molecule has 0 saturated carbocycles. The third kappa shape index (κ3) is 9.89. The van der Waals surface area contributed by atoms with Crippen molar-refractivity contribution in [3.8, 4) is 0 Å². The summed E-state index contributed by atoms with van der Waals surface area (Å²) in [5.41, 5.74) is -1.26. The number of carbonyl (C=O) groups is 4. The van der Waals surface area contributed by atoms with Gasteiger partial charge in [0.05, 0.1) is 24.7 Å². The Labute approximate surface area is 193 Å². The molecule has 2 heterocycles. The van der Waals surface area contributed by atoms with E-state index in [4.69, 9.17) is 9.68 Å². The van der Waals surface area contributed by atoms with E-state index < -0.39 is 44.8 Å². The Kier molecular flexibility index (Phi) is 11.4. The Morgan fingerprint density at radius 1 is 0.875 bits per heavy atom. The van der Waals surface area contributed by atoms with Crippen LogP contribution in [0.3, 0.4) is 0 Å². The van der Waals surface area contributed by atoms with Crippen LogP contribution in [0.15, 0.2) is 0 Å². The molecule has 0 radical (unpaired) electrons. The van der Waals surface area contributed by atoms with Gasteiger partial charge in [-0.25, -0.2) is 10.2 Å². The molecule has 32 heavy (non-hydrogen) atoms. The summed E-state index contributed by atoms with van der Waals surface area (Å²) in [5.74, 6) is 2.13. The predicted octanol–water partition coefficient (Wildman–Crippen LogP) is 0.407. The molecule has 2 fully saturated rings. The molecule has 0 bridgehead atoms. The number of carbonyl (C=O) groups excluding carboxylic acids is 4. The molecule has 15 heteroatoms. The van der Waals surface area contributed by atoms with E-state index in [1.807, 2.05) is 0 Å². The van der Waals surface area contributed by atoms with Crippen molar-refractivity contribution in [1.29, 1.82) is 0 Å². The maximum atomic E-state index is 11.7. The summed E-state index contributed by atoms with van der Waals surface area (Å²) >= 11 is 3.07. The van der Waals surface area contributed by atoms with Gasteiger partial charge in [0.1, 0.15) is 0 Å². The molecule has 0 aromatic heterocycles. The highest BCUT2D eigenvalue weighted by Gasteiger charge is 2.48. The van der Waals surface area contributed by atoms with Gasteiger partial charge in [0, 0.05) is 12.8 Å². The number of hydrogen-bond donors (Lipinski definition) is 2. The Morgan fingerprint density at radius 3 is 1.59 bits per heavy atom. The van der Waals surface area contributed by atoms with Crippen LogP contribution in [0.2, 0.25) is 0 Å². The van der Waals surface area contributed by atoms with Crippen molar-refractivity contribution in [3.63, 3.8) is 0 Å². The van der Waals surface area contributed by atoms with E-state index in [1.165, 1.54) is 0 Å². The number of imide groups is 2. The van der Waals surface area contributed by atoms with E-state index >= 15 is 0 Å². The Hall–Kier alpha value is -1.62. The monoisotopic (exact) mass is 501 g/mol. The molecule has 186 valence electrons. The van der Waals surface area contributed by atoms with Gasteiger partial charge in [-0.2, -0.15) is 18.5 Å². The van der Waals surface area contributed by atoms with Crippen molar-refractivity contribution in [2.24, 2.45) is 5.90 Å². The van der Waals surface area contributed by atoms with E-state index in [0.29, 0.717) is 5.06 Å². The summed E-state index contributed by atoms with van der Waals surface area (Å²) in [6.07, 6.45) is 0.0922. The lowest BCUT2D eigenvalue weighted by molar-refractivity contribution is -0.219. The number of amides is 4. The number of nitrogens with two attached hydrogens (primary N) is 1. The van der Waals surface area contributed by atoms with Crippen molar-refractivity contribution < 1.29 is 45.7 Å².